The van der Waals surface area contributed by atoms with E-state index >= 15 is 0 Å². The molecule has 0 aromatic heterocycles. The van der Waals surface area contributed by atoms with Gasteiger partial charge in [0.15, 0.2) is 0 Å². The summed E-state index contributed by atoms with van der Waals surface area (Å²) in [7, 11) is 3.95. The number of benzene rings is 1. The Bertz CT molecular complexity index is 410. The number of nitro benzene ring substituents is 1. The summed E-state index contributed by atoms with van der Waals surface area (Å²) in [5.74, 6) is 0. The van der Waals surface area contributed by atoms with Crippen molar-refractivity contribution in [3.05, 3.63) is 32.8 Å². The smallest absolute Gasteiger partial charge is 0.292 e. The van der Waals surface area contributed by atoms with E-state index in [4.69, 9.17) is 0 Å². The number of hydrogen-bond donors (Lipinski definition) is 1. The molecule has 1 atom stereocenters. The van der Waals surface area contributed by atoms with Gasteiger partial charge in [0, 0.05) is 23.1 Å². The molecule has 0 spiro atoms. The lowest BCUT2D eigenvalue weighted by molar-refractivity contribution is -0.384. The minimum atomic E-state index is -0.380. The summed E-state index contributed by atoms with van der Waals surface area (Å²) in [6.45, 7) is 2.71. The summed E-state index contributed by atoms with van der Waals surface area (Å²) in [6.07, 6.45) is 0. The predicted octanol–water partition coefficient (Wildman–Crippen LogP) is 2.72. The maximum Gasteiger partial charge on any atom is 0.292 e. The van der Waals surface area contributed by atoms with Crippen molar-refractivity contribution in [2.75, 3.05) is 26.0 Å². The van der Waals surface area contributed by atoms with Crippen molar-refractivity contribution in [1.29, 1.82) is 0 Å². The Morgan fingerprint density at radius 2 is 2.18 bits per heavy atom. The first kappa shape index (κ1) is 13.9. The van der Waals surface area contributed by atoms with Gasteiger partial charge in [-0.15, -0.1) is 0 Å². The van der Waals surface area contributed by atoms with Gasteiger partial charge < -0.3 is 10.2 Å². The zero-order valence-electron chi connectivity index (χ0n) is 10.1. The van der Waals surface area contributed by atoms with Crippen LogP contribution < -0.4 is 5.32 Å². The Hall–Kier alpha value is -1.14. The maximum absolute atomic E-state index is 10.9. The van der Waals surface area contributed by atoms with Crippen LogP contribution in [-0.2, 0) is 0 Å². The van der Waals surface area contributed by atoms with Crippen molar-refractivity contribution in [3.8, 4) is 0 Å². The molecule has 0 aliphatic rings. The number of hydrogen-bond acceptors (Lipinski definition) is 4. The standard InChI is InChI=1S/C11H16BrN3O2/c1-8(14(2)3)7-13-10-6-9(12)4-5-11(10)15(16)17/h4-6,8,13H,7H2,1-3H3. The number of nitro groups is 1. The Morgan fingerprint density at radius 1 is 1.53 bits per heavy atom. The fraction of sp³-hybridized carbons (Fsp3) is 0.455. The third-order valence-electron chi connectivity index (χ3n) is 2.62. The van der Waals surface area contributed by atoms with Gasteiger partial charge in [-0.2, -0.15) is 0 Å². The van der Waals surface area contributed by atoms with E-state index in [1.165, 1.54) is 6.07 Å². The molecule has 0 saturated carbocycles. The van der Waals surface area contributed by atoms with Crippen LogP contribution in [0, 0.1) is 10.1 Å². The van der Waals surface area contributed by atoms with Crippen LogP contribution in [0.1, 0.15) is 6.92 Å². The molecule has 0 radical (unpaired) electrons. The fourth-order valence-corrected chi connectivity index (χ4v) is 1.61. The van der Waals surface area contributed by atoms with Crippen molar-refractivity contribution in [2.24, 2.45) is 0 Å². The van der Waals surface area contributed by atoms with E-state index in [1.807, 2.05) is 14.1 Å². The first-order valence-corrected chi connectivity index (χ1v) is 6.05. The van der Waals surface area contributed by atoms with Gasteiger partial charge in [0.1, 0.15) is 5.69 Å². The van der Waals surface area contributed by atoms with Crippen LogP contribution in [0.5, 0.6) is 0 Å². The molecule has 1 unspecified atom stereocenters. The monoisotopic (exact) mass is 301 g/mol. The minimum absolute atomic E-state index is 0.0964. The normalized spacial score (nSPS) is 12.5. The van der Waals surface area contributed by atoms with E-state index < -0.39 is 0 Å². The minimum Gasteiger partial charge on any atom is -0.378 e. The molecule has 0 fully saturated rings. The Balaban J connectivity index is 2.82. The quantitative estimate of drug-likeness (QED) is 0.671. The third-order valence-corrected chi connectivity index (χ3v) is 3.12. The van der Waals surface area contributed by atoms with E-state index in [2.05, 4.69) is 33.1 Å². The number of nitrogens with one attached hydrogen (secondary N) is 1. The molecule has 94 valence electrons. The van der Waals surface area contributed by atoms with Crippen molar-refractivity contribution in [1.82, 2.24) is 4.90 Å². The summed E-state index contributed by atoms with van der Waals surface area (Å²) in [4.78, 5) is 12.5. The van der Waals surface area contributed by atoms with Crippen molar-refractivity contribution >= 4 is 27.3 Å². The van der Waals surface area contributed by atoms with Crippen LogP contribution >= 0.6 is 15.9 Å². The van der Waals surface area contributed by atoms with E-state index in [9.17, 15) is 10.1 Å². The van der Waals surface area contributed by atoms with Crippen molar-refractivity contribution < 1.29 is 4.92 Å². The first-order chi connectivity index (χ1) is 7.91. The summed E-state index contributed by atoms with van der Waals surface area (Å²) in [5.41, 5.74) is 0.636. The second-order valence-corrected chi connectivity index (χ2v) is 5.03. The molecular formula is C11H16BrN3O2. The first-order valence-electron chi connectivity index (χ1n) is 5.26. The molecule has 5 nitrogen and oxygen atoms in total. The molecule has 0 aliphatic heterocycles. The van der Waals surface area contributed by atoms with E-state index in [0.717, 1.165) is 4.47 Å². The second-order valence-electron chi connectivity index (χ2n) is 4.11. The molecule has 17 heavy (non-hydrogen) atoms. The van der Waals surface area contributed by atoms with Gasteiger partial charge in [-0.1, -0.05) is 15.9 Å². The molecule has 1 aromatic carbocycles. The molecule has 1 rings (SSSR count). The molecular weight excluding hydrogens is 286 g/mol. The van der Waals surface area contributed by atoms with Gasteiger partial charge in [0.25, 0.3) is 5.69 Å². The fourth-order valence-electron chi connectivity index (χ4n) is 1.25. The zero-order valence-corrected chi connectivity index (χ0v) is 11.7. The van der Waals surface area contributed by atoms with Gasteiger partial charge >= 0.3 is 0 Å². The second kappa shape index (κ2) is 5.97. The topological polar surface area (TPSA) is 58.4 Å². The number of nitrogens with zero attached hydrogens (tertiary/aromatic N) is 2. The summed E-state index contributed by atoms with van der Waals surface area (Å²) in [5, 5.41) is 14.0. The van der Waals surface area contributed by atoms with Crippen LogP contribution in [0.4, 0.5) is 11.4 Å². The zero-order chi connectivity index (χ0) is 13.0. The van der Waals surface area contributed by atoms with Crippen LogP contribution in [0.15, 0.2) is 22.7 Å². The van der Waals surface area contributed by atoms with Gasteiger partial charge in [0.2, 0.25) is 0 Å². The largest absolute Gasteiger partial charge is 0.378 e. The number of halogens is 1. The van der Waals surface area contributed by atoms with E-state index in [1.54, 1.807) is 12.1 Å². The molecule has 0 amide bonds. The lowest BCUT2D eigenvalue weighted by atomic mass is 10.2. The van der Waals surface area contributed by atoms with Gasteiger partial charge in [-0.3, -0.25) is 10.1 Å². The highest BCUT2D eigenvalue weighted by molar-refractivity contribution is 9.10. The molecule has 1 aromatic rings. The lowest BCUT2D eigenvalue weighted by Crippen LogP contribution is -2.31. The number of rotatable bonds is 5. The molecule has 6 heteroatoms. The van der Waals surface area contributed by atoms with Gasteiger partial charge in [-0.25, -0.2) is 0 Å². The van der Waals surface area contributed by atoms with Gasteiger partial charge in [0.05, 0.1) is 4.92 Å². The summed E-state index contributed by atoms with van der Waals surface area (Å²) < 4.78 is 0.822. The predicted molar refractivity (Wildman–Crippen MR) is 72.4 cm³/mol. The molecule has 0 bridgehead atoms. The summed E-state index contributed by atoms with van der Waals surface area (Å²) >= 11 is 3.31. The van der Waals surface area contributed by atoms with Crippen LogP contribution in [-0.4, -0.2) is 36.5 Å². The highest BCUT2D eigenvalue weighted by Crippen LogP contribution is 2.27. The number of anilines is 1. The van der Waals surface area contributed by atoms with Crippen molar-refractivity contribution in [2.45, 2.75) is 13.0 Å². The average molecular weight is 302 g/mol. The number of likely N-dealkylation sites (N-methyl/N-ethyl adjacent to an activating group) is 1. The van der Waals surface area contributed by atoms with Crippen LogP contribution in [0.25, 0.3) is 0 Å². The average Bonchev–Trinajstić information content (AvgIpc) is 2.25. The van der Waals surface area contributed by atoms with Crippen molar-refractivity contribution in [3.63, 3.8) is 0 Å². The summed E-state index contributed by atoms with van der Waals surface area (Å²) in [6, 6.07) is 5.18. The Morgan fingerprint density at radius 3 is 2.71 bits per heavy atom. The van der Waals surface area contributed by atoms with E-state index in [0.29, 0.717) is 18.3 Å². The molecule has 0 aliphatic carbocycles. The highest BCUT2D eigenvalue weighted by Gasteiger charge is 2.14. The third kappa shape index (κ3) is 3.98. The SMILES string of the molecule is CC(CNc1cc(Br)ccc1[N+](=O)[O-])N(C)C. The highest BCUT2D eigenvalue weighted by atomic mass is 79.9. The maximum atomic E-state index is 10.9. The Kier molecular flexibility index (Phi) is 4.89. The van der Waals surface area contributed by atoms with E-state index in [-0.39, 0.29) is 10.6 Å². The van der Waals surface area contributed by atoms with Crippen LogP contribution in [0.2, 0.25) is 0 Å². The van der Waals surface area contributed by atoms with Crippen LogP contribution in [0.3, 0.4) is 0 Å². The molecule has 0 saturated heterocycles. The van der Waals surface area contributed by atoms with Gasteiger partial charge in [-0.05, 0) is 33.2 Å². The molecule has 0 heterocycles. The Labute approximate surface area is 109 Å². The molecule has 1 N–H and O–H groups in total. The lowest BCUT2D eigenvalue weighted by Gasteiger charge is -2.20.